The summed E-state index contributed by atoms with van der Waals surface area (Å²) in [4.78, 5) is 22.6. The summed E-state index contributed by atoms with van der Waals surface area (Å²) in [6, 6.07) is 4.52. The lowest BCUT2D eigenvalue weighted by Crippen LogP contribution is -2.18. The van der Waals surface area contributed by atoms with Crippen LogP contribution in [0.25, 0.3) is 0 Å². The molecule has 0 aromatic heterocycles. The van der Waals surface area contributed by atoms with Gasteiger partial charge >= 0.3 is 11.9 Å². The maximum Gasteiger partial charge on any atom is 0.349 e. The highest BCUT2D eigenvalue weighted by Gasteiger charge is 2.31. The second-order valence-electron chi connectivity index (χ2n) is 4.14. The van der Waals surface area contributed by atoms with E-state index in [0.717, 1.165) is 12.1 Å². The third-order valence-electron chi connectivity index (χ3n) is 2.73. The standard InChI is InChI=1S/C14H5F5O4/c15-8-7(9(16)11(18)12(19)10(8)17)14(22)23-6-4-2-1-3-5(6)13(20)21/h1-4H,(H,20,21). The Hall–Kier alpha value is -2.97. The average Bonchev–Trinajstić information content (AvgIpc) is 2.51. The molecule has 2 aromatic carbocycles. The molecule has 0 aliphatic carbocycles. The molecule has 0 spiro atoms. The van der Waals surface area contributed by atoms with Crippen molar-refractivity contribution in [3.63, 3.8) is 0 Å². The summed E-state index contributed by atoms with van der Waals surface area (Å²) in [7, 11) is 0. The van der Waals surface area contributed by atoms with Gasteiger partial charge < -0.3 is 9.84 Å². The van der Waals surface area contributed by atoms with Crippen LogP contribution in [0, 0.1) is 29.1 Å². The number of carbonyl (C=O) groups excluding carboxylic acids is 1. The number of aromatic carboxylic acids is 1. The van der Waals surface area contributed by atoms with Gasteiger partial charge in [-0.2, -0.15) is 0 Å². The number of para-hydroxylation sites is 1. The molecule has 0 aliphatic rings. The lowest BCUT2D eigenvalue weighted by molar-refractivity contribution is 0.0678. The molecular weight excluding hydrogens is 327 g/mol. The van der Waals surface area contributed by atoms with Gasteiger partial charge in [-0.1, -0.05) is 12.1 Å². The van der Waals surface area contributed by atoms with E-state index in [1.54, 1.807) is 0 Å². The molecule has 23 heavy (non-hydrogen) atoms. The summed E-state index contributed by atoms with van der Waals surface area (Å²) >= 11 is 0. The minimum atomic E-state index is -2.43. The largest absolute Gasteiger partial charge is 0.478 e. The number of halogens is 5. The zero-order valence-electron chi connectivity index (χ0n) is 10.9. The van der Waals surface area contributed by atoms with E-state index in [2.05, 4.69) is 4.74 Å². The third-order valence-corrected chi connectivity index (χ3v) is 2.73. The molecule has 0 heterocycles. The van der Waals surface area contributed by atoms with Gasteiger partial charge in [0.2, 0.25) is 5.82 Å². The molecule has 0 aliphatic heterocycles. The van der Waals surface area contributed by atoms with Gasteiger partial charge in [0.25, 0.3) is 0 Å². The van der Waals surface area contributed by atoms with Gasteiger partial charge in [0.05, 0.1) is 0 Å². The Kier molecular flexibility index (Phi) is 4.30. The number of carboxylic acid groups (broad SMARTS) is 1. The van der Waals surface area contributed by atoms with Crippen LogP contribution < -0.4 is 4.74 Å². The van der Waals surface area contributed by atoms with E-state index in [0.29, 0.717) is 0 Å². The number of ether oxygens (including phenoxy) is 1. The van der Waals surface area contributed by atoms with Crippen molar-refractivity contribution in [2.75, 3.05) is 0 Å². The van der Waals surface area contributed by atoms with Crippen LogP contribution in [0.2, 0.25) is 0 Å². The lowest BCUT2D eigenvalue weighted by atomic mass is 10.1. The summed E-state index contributed by atoms with van der Waals surface area (Å²) in [6.07, 6.45) is 0. The van der Waals surface area contributed by atoms with Crippen LogP contribution in [0.3, 0.4) is 0 Å². The van der Waals surface area contributed by atoms with Gasteiger partial charge in [-0.3, -0.25) is 0 Å². The normalized spacial score (nSPS) is 10.5. The number of hydrogen-bond donors (Lipinski definition) is 1. The number of rotatable bonds is 3. The zero-order chi connectivity index (χ0) is 17.3. The van der Waals surface area contributed by atoms with Crippen LogP contribution >= 0.6 is 0 Å². The SMILES string of the molecule is O=C(O)c1ccccc1OC(=O)c1c(F)c(F)c(F)c(F)c1F. The second kappa shape index (κ2) is 6.03. The molecule has 0 saturated carbocycles. The van der Waals surface area contributed by atoms with Crippen molar-refractivity contribution in [3.8, 4) is 5.75 Å². The van der Waals surface area contributed by atoms with Gasteiger partial charge in [0.1, 0.15) is 16.9 Å². The van der Waals surface area contributed by atoms with E-state index in [1.807, 2.05) is 0 Å². The Morgan fingerprint density at radius 2 is 1.30 bits per heavy atom. The van der Waals surface area contributed by atoms with Crippen molar-refractivity contribution < 1.29 is 41.4 Å². The fraction of sp³-hybridized carbons (Fsp3) is 0. The van der Waals surface area contributed by atoms with Gasteiger partial charge in [-0.05, 0) is 12.1 Å². The van der Waals surface area contributed by atoms with Gasteiger partial charge in [0, 0.05) is 0 Å². The molecule has 0 radical (unpaired) electrons. The third kappa shape index (κ3) is 2.85. The first-order chi connectivity index (χ1) is 10.8. The molecule has 0 amide bonds. The molecule has 4 nitrogen and oxygen atoms in total. The molecule has 0 saturated heterocycles. The molecule has 1 N–H and O–H groups in total. The minimum absolute atomic E-state index is 0.537. The maximum absolute atomic E-state index is 13.5. The summed E-state index contributed by atoms with van der Waals surface area (Å²) in [6.45, 7) is 0. The van der Waals surface area contributed by atoms with Crippen LogP contribution in [0.5, 0.6) is 5.75 Å². The number of carboxylic acids is 1. The molecule has 0 fully saturated rings. The molecule has 2 rings (SSSR count). The summed E-state index contributed by atoms with van der Waals surface area (Å²) < 4.78 is 70.4. The average molecular weight is 332 g/mol. The van der Waals surface area contributed by atoms with E-state index in [1.165, 1.54) is 12.1 Å². The van der Waals surface area contributed by atoms with Crippen LogP contribution in [0.15, 0.2) is 24.3 Å². The smallest absolute Gasteiger partial charge is 0.349 e. The van der Waals surface area contributed by atoms with Crippen LogP contribution in [0.4, 0.5) is 22.0 Å². The summed E-state index contributed by atoms with van der Waals surface area (Å²) in [5.74, 6) is -15.9. The number of benzene rings is 2. The van der Waals surface area contributed by atoms with E-state index < -0.39 is 57.9 Å². The Labute approximate surface area is 124 Å². The molecule has 0 unspecified atom stereocenters. The van der Waals surface area contributed by atoms with Crippen molar-refractivity contribution in [3.05, 3.63) is 64.5 Å². The molecule has 0 atom stereocenters. The Morgan fingerprint density at radius 1 is 0.826 bits per heavy atom. The number of hydrogen-bond acceptors (Lipinski definition) is 3. The highest BCUT2D eigenvalue weighted by Crippen LogP contribution is 2.25. The van der Waals surface area contributed by atoms with Crippen LogP contribution in [0.1, 0.15) is 20.7 Å². The molecule has 2 aromatic rings. The highest BCUT2D eigenvalue weighted by molar-refractivity contribution is 5.95. The van der Waals surface area contributed by atoms with Crippen molar-refractivity contribution in [2.45, 2.75) is 0 Å². The fourth-order valence-electron chi connectivity index (χ4n) is 1.67. The van der Waals surface area contributed by atoms with Crippen LogP contribution in [-0.4, -0.2) is 17.0 Å². The van der Waals surface area contributed by atoms with Crippen molar-refractivity contribution in [2.24, 2.45) is 0 Å². The zero-order valence-corrected chi connectivity index (χ0v) is 10.9. The Balaban J connectivity index is 2.50. The Morgan fingerprint density at radius 3 is 1.83 bits per heavy atom. The first-order valence-corrected chi connectivity index (χ1v) is 5.81. The van der Waals surface area contributed by atoms with Crippen molar-refractivity contribution in [1.29, 1.82) is 0 Å². The lowest BCUT2D eigenvalue weighted by Gasteiger charge is -2.09. The topological polar surface area (TPSA) is 63.6 Å². The minimum Gasteiger partial charge on any atom is -0.478 e. The monoisotopic (exact) mass is 332 g/mol. The predicted molar refractivity (Wildman–Crippen MR) is 64.6 cm³/mol. The van der Waals surface area contributed by atoms with Gasteiger partial charge in [0.15, 0.2) is 23.3 Å². The number of esters is 1. The first kappa shape index (κ1) is 16.4. The van der Waals surface area contributed by atoms with E-state index in [9.17, 15) is 31.5 Å². The second-order valence-corrected chi connectivity index (χ2v) is 4.14. The fourth-order valence-corrected chi connectivity index (χ4v) is 1.67. The summed E-state index contributed by atoms with van der Waals surface area (Å²) in [5, 5.41) is 8.87. The first-order valence-electron chi connectivity index (χ1n) is 5.81. The van der Waals surface area contributed by atoms with E-state index in [4.69, 9.17) is 5.11 Å². The van der Waals surface area contributed by atoms with Crippen molar-refractivity contribution in [1.82, 2.24) is 0 Å². The predicted octanol–water partition coefficient (Wildman–Crippen LogP) is 3.30. The van der Waals surface area contributed by atoms with Crippen LogP contribution in [-0.2, 0) is 0 Å². The number of carbonyl (C=O) groups is 2. The maximum atomic E-state index is 13.5. The van der Waals surface area contributed by atoms with Gasteiger partial charge in [-0.25, -0.2) is 31.5 Å². The molecule has 120 valence electrons. The van der Waals surface area contributed by atoms with E-state index >= 15 is 0 Å². The van der Waals surface area contributed by atoms with E-state index in [-0.39, 0.29) is 0 Å². The summed E-state index contributed by atoms with van der Waals surface area (Å²) in [5.41, 5.74) is -2.36. The van der Waals surface area contributed by atoms with Crippen molar-refractivity contribution >= 4 is 11.9 Å². The molecule has 9 heteroatoms. The highest BCUT2D eigenvalue weighted by atomic mass is 19.2. The quantitative estimate of drug-likeness (QED) is 0.308. The molecule has 0 bridgehead atoms. The Bertz CT molecular complexity index is 790. The molecular formula is C14H5F5O4. The van der Waals surface area contributed by atoms with Gasteiger partial charge in [-0.15, -0.1) is 0 Å².